The SMILES string of the molecule is CCNC(=NCc1ncc(C(C)(C)C)o1)NCCOCCS(C)(=O)=O. The molecular formula is C16H30N4O4S. The Bertz CT molecular complexity index is 647. The first-order valence-electron chi connectivity index (χ1n) is 8.34. The first-order valence-corrected chi connectivity index (χ1v) is 10.4. The predicted molar refractivity (Wildman–Crippen MR) is 98.6 cm³/mol. The van der Waals surface area contributed by atoms with Crippen LogP contribution in [-0.4, -0.2) is 57.7 Å². The van der Waals surface area contributed by atoms with Crippen LogP contribution in [0.2, 0.25) is 0 Å². The molecule has 1 rings (SSSR count). The first kappa shape index (κ1) is 21.4. The highest BCUT2D eigenvalue weighted by Gasteiger charge is 2.18. The maximum atomic E-state index is 11.0. The average molecular weight is 375 g/mol. The van der Waals surface area contributed by atoms with Gasteiger partial charge in [0.25, 0.3) is 0 Å². The second-order valence-electron chi connectivity index (χ2n) is 6.73. The van der Waals surface area contributed by atoms with Crippen molar-refractivity contribution in [1.29, 1.82) is 0 Å². The number of aliphatic imine (C=N–C) groups is 1. The highest BCUT2D eigenvalue weighted by molar-refractivity contribution is 7.90. The van der Waals surface area contributed by atoms with Crippen molar-refractivity contribution in [2.75, 3.05) is 38.3 Å². The smallest absolute Gasteiger partial charge is 0.216 e. The molecule has 0 bridgehead atoms. The molecule has 0 aliphatic rings. The number of hydrogen-bond donors (Lipinski definition) is 2. The molecule has 1 heterocycles. The van der Waals surface area contributed by atoms with Gasteiger partial charge in [-0.2, -0.15) is 0 Å². The summed E-state index contributed by atoms with van der Waals surface area (Å²) >= 11 is 0. The molecule has 0 spiro atoms. The summed E-state index contributed by atoms with van der Waals surface area (Å²) in [6.07, 6.45) is 2.93. The third-order valence-electron chi connectivity index (χ3n) is 3.15. The van der Waals surface area contributed by atoms with E-state index in [0.29, 0.717) is 31.5 Å². The fourth-order valence-electron chi connectivity index (χ4n) is 1.77. The summed E-state index contributed by atoms with van der Waals surface area (Å²) in [5, 5.41) is 6.24. The van der Waals surface area contributed by atoms with Gasteiger partial charge in [0, 0.05) is 24.8 Å². The van der Waals surface area contributed by atoms with E-state index in [9.17, 15) is 8.42 Å². The Balaban J connectivity index is 2.42. The lowest BCUT2D eigenvalue weighted by molar-refractivity contribution is 0.154. The molecule has 8 nitrogen and oxygen atoms in total. The summed E-state index contributed by atoms with van der Waals surface area (Å²) in [5.41, 5.74) is -0.0823. The van der Waals surface area contributed by atoms with Crippen LogP contribution in [-0.2, 0) is 26.5 Å². The molecule has 1 aromatic rings. The van der Waals surface area contributed by atoms with Gasteiger partial charge in [-0.15, -0.1) is 0 Å². The summed E-state index contributed by atoms with van der Waals surface area (Å²) in [6, 6.07) is 0. The number of guanidine groups is 1. The molecule has 0 amide bonds. The standard InChI is InChI=1S/C16H30N4O4S/c1-6-17-15(18-7-8-23-9-10-25(5,21)22)20-12-14-19-11-13(24-14)16(2,3)4/h11H,6-10,12H2,1-5H3,(H2,17,18,20). The summed E-state index contributed by atoms with van der Waals surface area (Å²) in [6.45, 7) is 10.3. The number of hydrogen-bond acceptors (Lipinski definition) is 6. The molecular weight excluding hydrogens is 344 g/mol. The van der Waals surface area contributed by atoms with E-state index < -0.39 is 9.84 Å². The Morgan fingerprint density at radius 2 is 2.04 bits per heavy atom. The van der Waals surface area contributed by atoms with Gasteiger partial charge in [-0.3, -0.25) is 0 Å². The lowest BCUT2D eigenvalue weighted by Gasteiger charge is -2.13. The average Bonchev–Trinajstić information content (AvgIpc) is 2.96. The van der Waals surface area contributed by atoms with Crippen LogP contribution in [0.25, 0.3) is 0 Å². The number of sulfone groups is 1. The molecule has 0 atom stereocenters. The molecule has 0 saturated heterocycles. The summed E-state index contributed by atoms with van der Waals surface area (Å²) < 4.78 is 33.0. The lowest BCUT2D eigenvalue weighted by Crippen LogP contribution is -2.39. The molecule has 9 heteroatoms. The van der Waals surface area contributed by atoms with Gasteiger partial charge >= 0.3 is 0 Å². The minimum Gasteiger partial charge on any atom is -0.443 e. The zero-order valence-electron chi connectivity index (χ0n) is 15.8. The lowest BCUT2D eigenvalue weighted by atomic mass is 9.94. The van der Waals surface area contributed by atoms with Crippen LogP contribution in [0.5, 0.6) is 0 Å². The third kappa shape index (κ3) is 9.45. The maximum Gasteiger partial charge on any atom is 0.216 e. The molecule has 144 valence electrons. The second-order valence-corrected chi connectivity index (χ2v) is 8.99. The molecule has 25 heavy (non-hydrogen) atoms. The molecule has 0 radical (unpaired) electrons. The Labute approximate surface area is 150 Å². The van der Waals surface area contributed by atoms with E-state index in [1.807, 2.05) is 6.92 Å². The number of nitrogens with one attached hydrogen (secondary N) is 2. The van der Waals surface area contributed by atoms with Gasteiger partial charge in [0.2, 0.25) is 5.89 Å². The van der Waals surface area contributed by atoms with Crippen LogP contribution in [0.4, 0.5) is 0 Å². The number of nitrogens with zero attached hydrogens (tertiary/aromatic N) is 2. The normalized spacial score (nSPS) is 13.1. The molecule has 0 saturated carbocycles. The van der Waals surface area contributed by atoms with E-state index >= 15 is 0 Å². The second kappa shape index (κ2) is 9.76. The van der Waals surface area contributed by atoms with E-state index in [1.54, 1.807) is 6.20 Å². The van der Waals surface area contributed by atoms with Crippen LogP contribution in [0.1, 0.15) is 39.3 Å². The zero-order chi connectivity index (χ0) is 18.9. The van der Waals surface area contributed by atoms with Crippen molar-refractivity contribution in [3.05, 3.63) is 17.8 Å². The van der Waals surface area contributed by atoms with Crippen LogP contribution in [0.15, 0.2) is 15.6 Å². The molecule has 1 aromatic heterocycles. The van der Waals surface area contributed by atoms with Crippen LogP contribution in [0.3, 0.4) is 0 Å². The number of rotatable bonds is 9. The van der Waals surface area contributed by atoms with E-state index in [1.165, 1.54) is 6.26 Å². The Kier molecular flexibility index (Phi) is 8.37. The number of aromatic nitrogens is 1. The monoisotopic (exact) mass is 374 g/mol. The van der Waals surface area contributed by atoms with Crippen molar-refractivity contribution in [3.8, 4) is 0 Å². The number of oxazole rings is 1. The molecule has 0 aromatic carbocycles. The van der Waals surface area contributed by atoms with Gasteiger partial charge in [0.1, 0.15) is 22.1 Å². The molecule has 0 aliphatic carbocycles. The van der Waals surface area contributed by atoms with Crippen LogP contribution < -0.4 is 10.6 Å². The number of ether oxygens (including phenoxy) is 1. The van der Waals surface area contributed by atoms with Crippen molar-refractivity contribution in [2.24, 2.45) is 4.99 Å². The highest BCUT2D eigenvalue weighted by atomic mass is 32.2. The van der Waals surface area contributed by atoms with Crippen LogP contribution in [0, 0.1) is 0 Å². The van der Waals surface area contributed by atoms with Crippen molar-refractivity contribution in [3.63, 3.8) is 0 Å². The topological polar surface area (TPSA) is 106 Å². The maximum absolute atomic E-state index is 11.0. The van der Waals surface area contributed by atoms with Gasteiger partial charge in [0.05, 0.1) is 25.2 Å². The molecule has 0 unspecified atom stereocenters. The quantitative estimate of drug-likeness (QED) is 0.378. The molecule has 2 N–H and O–H groups in total. The van der Waals surface area contributed by atoms with Crippen molar-refractivity contribution >= 4 is 15.8 Å². The highest BCUT2D eigenvalue weighted by Crippen LogP contribution is 2.22. The van der Waals surface area contributed by atoms with Gasteiger partial charge < -0.3 is 19.8 Å². The predicted octanol–water partition coefficient (Wildman–Crippen LogP) is 1.09. The molecule has 0 fully saturated rings. The van der Waals surface area contributed by atoms with E-state index in [-0.39, 0.29) is 17.8 Å². The largest absolute Gasteiger partial charge is 0.443 e. The Hall–Kier alpha value is -1.61. The Morgan fingerprint density at radius 1 is 1.32 bits per heavy atom. The Morgan fingerprint density at radius 3 is 2.60 bits per heavy atom. The van der Waals surface area contributed by atoms with E-state index in [4.69, 9.17) is 9.15 Å². The van der Waals surface area contributed by atoms with Gasteiger partial charge in [0.15, 0.2) is 5.96 Å². The van der Waals surface area contributed by atoms with Crippen LogP contribution >= 0.6 is 0 Å². The van der Waals surface area contributed by atoms with Crippen molar-refractivity contribution < 1.29 is 17.6 Å². The zero-order valence-corrected chi connectivity index (χ0v) is 16.6. The fourth-order valence-corrected chi connectivity index (χ4v) is 2.19. The van der Waals surface area contributed by atoms with Gasteiger partial charge in [-0.05, 0) is 6.92 Å². The fraction of sp³-hybridized carbons (Fsp3) is 0.750. The van der Waals surface area contributed by atoms with E-state index in [2.05, 4.69) is 41.4 Å². The minimum atomic E-state index is -2.98. The van der Waals surface area contributed by atoms with Gasteiger partial charge in [-0.1, -0.05) is 20.8 Å². The summed E-state index contributed by atoms with van der Waals surface area (Å²) in [4.78, 5) is 8.67. The third-order valence-corrected chi connectivity index (χ3v) is 4.05. The summed E-state index contributed by atoms with van der Waals surface area (Å²) in [7, 11) is -2.98. The van der Waals surface area contributed by atoms with E-state index in [0.717, 1.165) is 12.3 Å². The first-order chi connectivity index (χ1) is 11.6. The van der Waals surface area contributed by atoms with Crippen molar-refractivity contribution in [2.45, 2.75) is 39.7 Å². The minimum absolute atomic E-state index is 0.0292. The summed E-state index contributed by atoms with van der Waals surface area (Å²) in [5.74, 6) is 2.05. The molecule has 0 aliphatic heterocycles. The van der Waals surface area contributed by atoms with Crippen molar-refractivity contribution in [1.82, 2.24) is 15.6 Å². The van der Waals surface area contributed by atoms with Gasteiger partial charge in [-0.25, -0.2) is 18.4 Å².